The maximum Gasteiger partial charge on any atom is 0.225 e. The second kappa shape index (κ2) is 7.19. The van der Waals surface area contributed by atoms with Crippen molar-refractivity contribution in [2.24, 2.45) is 5.92 Å². The fourth-order valence-corrected chi connectivity index (χ4v) is 1.54. The minimum absolute atomic E-state index is 0.398. The molecule has 0 fully saturated rings. The normalized spacial score (nSPS) is 12.6. The average Bonchev–Trinajstić information content (AvgIpc) is 2.27. The molecule has 0 radical (unpaired) electrons. The van der Waals surface area contributed by atoms with Crippen LogP contribution in [0.5, 0.6) is 0 Å². The van der Waals surface area contributed by atoms with Gasteiger partial charge in [0.1, 0.15) is 5.82 Å². The molecule has 0 amide bonds. The first-order valence-electron chi connectivity index (χ1n) is 6.87. The third-order valence-electron chi connectivity index (χ3n) is 2.87. The number of nitrogens with one attached hydrogen (secondary N) is 2. The molecule has 0 aliphatic carbocycles. The van der Waals surface area contributed by atoms with Crippen LogP contribution in [0.2, 0.25) is 0 Å². The van der Waals surface area contributed by atoms with Gasteiger partial charge in [0.25, 0.3) is 0 Å². The highest BCUT2D eigenvalue weighted by molar-refractivity contribution is 5.42. The minimum Gasteiger partial charge on any atom is -0.370 e. The standard InChI is InChI=1S/C14H26N4/c1-6-11(4)16-14-17-12(5)9-13(18-14)15-8-7-10(2)3/h9-11H,6-8H2,1-5H3,(H2,15,16,17,18). The van der Waals surface area contributed by atoms with Gasteiger partial charge in [-0.1, -0.05) is 20.8 Å². The molecular weight excluding hydrogens is 224 g/mol. The minimum atomic E-state index is 0.398. The first-order chi connectivity index (χ1) is 8.51. The molecule has 1 aromatic rings. The number of rotatable bonds is 7. The van der Waals surface area contributed by atoms with E-state index in [1.807, 2.05) is 13.0 Å². The molecule has 0 saturated heterocycles. The van der Waals surface area contributed by atoms with Crippen LogP contribution in [0.25, 0.3) is 0 Å². The number of aryl methyl sites for hydroxylation is 1. The summed E-state index contributed by atoms with van der Waals surface area (Å²) in [5.41, 5.74) is 0.989. The quantitative estimate of drug-likeness (QED) is 0.778. The Morgan fingerprint density at radius 1 is 1.22 bits per heavy atom. The maximum absolute atomic E-state index is 4.49. The summed E-state index contributed by atoms with van der Waals surface area (Å²) in [6, 6.07) is 2.39. The average molecular weight is 250 g/mol. The van der Waals surface area contributed by atoms with E-state index in [4.69, 9.17) is 0 Å². The van der Waals surface area contributed by atoms with Gasteiger partial charge in [-0.15, -0.1) is 0 Å². The highest BCUT2D eigenvalue weighted by Gasteiger charge is 2.05. The Morgan fingerprint density at radius 3 is 2.56 bits per heavy atom. The molecule has 2 N–H and O–H groups in total. The molecule has 0 aliphatic rings. The van der Waals surface area contributed by atoms with Gasteiger partial charge in [0.2, 0.25) is 5.95 Å². The van der Waals surface area contributed by atoms with Crippen LogP contribution in [0.3, 0.4) is 0 Å². The Labute approximate surface area is 111 Å². The lowest BCUT2D eigenvalue weighted by molar-refractivity contribution is 0.606. The summed E-state index contributed by atoms with van der Waals surface area (Å²) in [6.07, 6.45) is 2.21. The van der Waals surface area contributed by atoms with Crippen molar-refractivity contribution in [3.8, 4) is 0 Å². The first-order valence-corrected chi connectivity index (χ1v) is 6.87. The predicted octanol–water partition coefficient (Wildman–Crippen LogP) is 3.45. The van der Waals surface area contributed by atoms with Crippen molar-refractivity contribution >= 4 is 11.8 Å². The molecule has 0 spiro atoms. The molecule has 1 heterocycles. The lowest BCUT2D eigenvalue weighted by Gasteiger charge is -2.13. The fourth-order valence-electron chi connectivity index (χ4n) is 1.54. The van der Waals surface area contributed by atoms with Crippen molar-refractivity contribution in [2.45, 2.75) is 53.5 Å². The Balaban J connectivity index is 2.62. The molecule has 0 aliphatic heterocycles. The highest BCUT2D eigenvalue weighted by Crippen LogP contribution is 2.11. The third kappa shape index (κ3) is 5.34. The molecular formula is C14H26N4. The molecule has 4 nitrogen and oxygen atoms in total. The van der Waals surface area contributed by atoms with Gasteiger partial charge in [0, 0.05) is 24.3 Å². The second-order valence-corrected chi connectivity index (χ2v) is 5.28. The number of hydrogen-bond acceptors (Lipinski definition) is 4. The summed E-state index contributed by atoms with van der Waals surface area (Å²) in [7, 11) is 0. The van der Waals surface area contributed by atoms with Crippen LogP contribution in [0, 0.1) is 12.8 Å². The first kappa shape index (κ1) is 14.7. The summed E-state index contributed by atoms with van der Waals surface area (Å²) in [6.45, 7) is 11.7. The Morgan fingerprint density at radius 2 is 1.94 bits per heavy atom. The summed E-state index contributed by atoms with van der Waals surface area (Å²) < 4.78 is 0. The zero-order valence-corrected chi connectivity index (χ0v) is 12.2. The second-order valence-electron chi connectivity index (χ2n) is 5.28. The highest BCUT2D eigenvalue weighted by atomic mass is 15.1. The van der Waals surface area contributed by atoms with Crippen LogP contribution in [0.15, 0.2) is 6.07 Å². The summed E-state index contributed by atoms with van der Waals surface area (Å²) in [5.74, 6) is 2.34. The van der Waals surface area contributed by atoms with E-state index in [-0.39, 0.29) is 0 Å². The van der Waals surface area contributed by atoms with Gasteiger partial charge < -0.3 is 10.6 Å². The molecule has 0 aromatic carbocycles. The molecule has 1 atom stereocenters. The molecule has 1 unspecified atom stereocenters. The van der Waals surface area contributed by atoms with E-state index in [0.29, 0.717) is 12.0 Å². The molecule has 0 bridgehead atoms. The van der Waals surface area contributed by atoms with Gasteiger partial charge in [-0.2, -0.15) is 4.98 Å². The van der Waals surface area contributed by atoms with E-state index in [2.05, 4.69) is 48.3 Å². The lowest BCUT2D eigenvalue weighted by atomic mass is 10.1. The Hall–Kier alpha value is -1.32. The monoisotopic (exact) mass is 250 g/mol. The Bertz CT molecular complexity index is 363. The fraction of sp³-hybridized carbons (Fsp3) is 0.714. The largest absolute Gasteiger partial charge is 0.370 e. The van der Waals surface area contributed by atoms with E-state index >= 15 is 0 Å². The van der Waals surface area contributed by atoms with Gasteiger partial charge in [-0.05, 0) is 32.6 Å². The van der Waals surface area contributed by atoms with Gasteiger partial charge in [0.05, 0.1) is 0 Å². The predicted molar refractivity (Wildman–Crippen MR) is 78.1 cm³/mol. The molecule has 1 rings (SSSR count). The zero-order valence-electron chi connectivity index (χ0n) is 12.2. The third-order valence-corrected chi connectivity index (χ3v) is 2.87. The van der Waals surface area contributed by atoms with E-state index in [1.54, 1.807) is 0 Å². The van der Waals surface area contributed by atoms with Crippen molar-refractivity contribution in [3.63, 3.8) is 0 Å². The Kier molecular flexibility index (Phi) is 5.89. The van der Waals surface area contributed by atoms with Crippen LogP contribution in [0.1, 0.15) is 46.2 Å². The summed E-state index contributed by atoms with van der Waals surface area (Å²) in [4.78, 5) is 8.89. The zero-order chi connectivity index (χ0) is 13.5. The van der Waals surface area contributed by atoms with E-state index < -0.39 is 0 Å². The van der Waals surface area contributed by atoms with Gasteiger partial charge in [-0.25, -0.2) is 4.98 Å². The van der Waals surface area contributed by atoms with Crippen LogP contribution in [-0.4, -0.2) is 22.6 Å². The van der Waals surface area contributed by atoms with Crippen LogP contribution in [0.4, 0.5) is 11.8 Å². The maximum atomic E-state index is 4.49. The van der Waals surface area contributed by atoms with Crippen molar-refractivity contribution in [1.29, 1.82) is 0 Å². The van der Waals surface area contributed by atoms with Crippen molar-refractivity contribution < 1.29 is 0 Å². The summed E-state index contributed by atoms with van der Waals surface area (Å²) >= 11 is 0. The number of nitrogens with zero attached hydrogens (tertiary/aromatic N) is 2. The van der Waals surface area contributed by atoms with Gasteiger partial charge >= 0.3 is 0 Å². The molecule has 1 aromatic heterocycles. The lowest BCUT2D eigenvalue weighted by Crippen LogP contribution is -2.17. The molecule has 4 heteroatoms. The van der Waals surface area contributed by atoms with E-state index in [1.165, 1.54) is 0 Å². The van der Waals surface area contributed by atoms with Crippen molar-refractivity contribution in [1.82, 2.24) is 9.97 Å². The van der Waals surface area contributed by atoms with Crippen LogP contribution in [-0.2, 0) is 0 Å². The van der Waals surface area contributed by atoms with Gasteiger partial charge in [0.15, 0.2) is 0 Å². The van der Waals surface area contributed by atoms with Crippen LogP contribution >= 0.6 is 0 Å². The number of anilines is 2. The van der Waals surface area contributed by atoms with Gasteiger partial charge in [-0.3, -0.25) is 0 Å². The summed E-state index contributed by atoms with van der Waals surface area (Å²) in [5, 5.41) is 6.67. The van der Waals surface area contributed by atoms with E-state index in [9.17, 15) is 0 Å². The van der Waals surface area contributed by atoms with Crippen LogP contribution < -0.4 is 10.6 Å². The molecule has 18 heavy (non-hydrogen) atoms. The topological polar surface area (TPSA) is 49.8 Å². The van der Waals surface area contributed by atoms with Crippen molar-refractivity contribution in [2.75, 3.05) is 17.2 Å². The molecule has 102 valence electrons. The van der Waals surface area contributed by atoms with E-state index in [0.717, 1.165) is 36.8 Å². The smallest absolute Gasteiger partial charge is 0.225 e. The number of aromatic nitrogens is 2. The molecule has 0 saturated carbocycles. The van der Waals surface area contributed by atoms with Crippen molar-refractivity contribution in [3.05, 3.63) is 11.8 Å². The number of hydrogen-bond donors (Lipinski definition) is 2. The SMILES string of the molecule is CCC(C)Nc1nc(C)cc(NCCC(C)C)n1.